The summed E-state index contributed by atoms with van der Waals surface area (Å²) in [7, 11) is 0. The highest BCUT2D eigenvalue weighted by atomic mass is 35.5. The van der Waals surface area contributed by atoms with E-state index < -0.39 is 0 Å². The van der Waals surface area contributed by atoms with Gasteiger partial charge < -0.3 is 11.1 Å². The van der Waals surface area contributed by atoms with Gasteiger partial charge in [0.1, 0.15) is 0 Å². The van der Waals surface area contributed by atoms with Crippen molar-refractivity contribution < 1.29 is 4.79 Å². The van der Waals surface area contributed by atoms with Gasteiger partial charge in [-0.1, -0.05) is 0 Å². The SMILES string of the molecule is Cl.Cl.NCC(=O)NCCCc1nc(-c2ccncc2)cs1. The van der Waals surface area contributed by atoms with E-state index in [2.05, 4.69) is 15.3 Å². The first-order valence-corrected chi connectivity index (χ1v) is 6.99. The second kappa shape index (κ2) is 10.5. The Kier molecular flexibility index (Phi) is 9.90. The monoisotopic (exact) mass is 348 g/mol. The molecule has 2 heterocycles. The Morgan fingerprint density at radius 1 is 1.29 bits per heavy atom. The average molecular weight is 349 g/mol. The number of nitrogens with one attached hydrogen (secondary N) is 1. The van der Waals surface area contributed by atoms with Gasteiger partial charge in [0.15, 0.2) is 0 Å². The molecule has 0 aliphatic carbocycles. The van der Waals surface area contributed by atoms with Crippen LogP contribution in [-0.4, -0.2) is 29.0 Å². The molecule has 1 amide bonds. The molecule has 0 aliphatic rings. The smallest absolute Gasteiger partial charge is 0.233 e. The highest BCUT2D eigenvalue weighted by molar-refractivity contribution is 7.09. The Balaban J connectivity index is 0.00000200. The molecule has 2 aromatic heterocycles. The lowest BCUT2D eigenvalue weighted by Crippen LogP contribution is -2.31. The lowest BCUT2D eigenvalue weighted by atomic mass is 10.2. The minimum atomic E-state index is -0.114. The average Bonchev–Trinajstić information content (AvgIpc) is 2.93. The number of rotatable bonds is 6. The van der Waals surface area contributed by atoms with Crippen LogP contribution in [0.4, 0.5) is 0 Å². The lowest BCUT2D eigenvalue weighted by molar-refractivity contribution is -0.119. The van der Waals surface area contributed by atoms with Gasteiger partial charge in [0.2, 0.25) is 5.91 Å². The number of aromatic nitrogens is 2. The number of amides is 1. The fraction of sp³-hybridized carbons (Fsp3) is 0.308. The molecule has 0 bridgehead atoms. The van der Waals surface area contributed by atoms with Crippen molar-refractivity contribution in [3.8, 4) is 11.3 Å². The van der Waals surface area contributed by atoms with Crippen LogP contribution in [0.3, 0.4) is 0 Å². The van der Waals surface area contributed by atoms with Crippen LogP contribution in [0.25, 0.3) is 11.3 Å². The van der Waals surface area contributed by atoms with Gasteiger partial charge in [-0.15, -0.1) is 36.2 Å². The van der Waals surface area contributed by atoms with E-state index in [1.165, 1.54) is 0 Å². The molecule has 0 saturated carbocycles. The Hall–Kier alpha value is -1.21. The first-order valence-electron chi connectivity index (χ1n) is 6.11. The molecule has 0 aromatic carbocycles. The zero-order chi connectivity index (χ0) is 13.5. The van der Waals surface area contributed by atoms with Crippen LogP contribution in [0.2, 0.25) is 0 Å². The van der Waals surface area contributed by atoms with Crippen LogP contribution in [0.5, 0.6) is 0 Å². The summed E-state index contributed by atoms with van der Waals surface area (Å²) in [6.07, 6.45) is 5.25. The Labute approximate surface area is 140 Å². The summed E-state index contributed by atoms with van der Waals surface area (Å²) in [5, 5.41) is 5.87. The minimum absolute atomic E-state index is 0. The van der Waals surface area contributed by atoms with Gasteiger partial charge in [0, 0.05) is 36.3 Å². The summed E-state index contributed by atoms with van der Waals surface area (Å²) in [4.78, 5) is 19.5. The number of carbonyl (C=O) groups is 1. The number of nitrogens with zero attached hydrogens (tertiary/aromatic N) is 2. The van der Waals surface area contributed by atoms with E-state index in [1.54, 1.807) is 23.7 Å². The van der Waals surface area contributed by atoms with E-state index in [1.807, 2.05) is 17.5 Å². The van der Waals surface area contributed by atoms with E-state index >= 15 is 0 Å². The Morgan fingerprint density at radius 2 is 2.00 bits per heavy atom. The number of aryl methyl sites for hydroxylation is 1. The highest BCUT2D eigenvalue weighted by Crippen LogP contribution is 2.21. The maximum atomic E-state index is 11.0. The van der Waals surface area contributed by atoms with Gasteiger partial charge in [-0.25, -0.2) is 4.98 Å². The highest BCUT2D eigenvalue weighted by Gasteiger charge is 2.04. The molecule has 21 heavy (non-hydrogen) atoms. The van der Waals surface area contributed by atoms with E-state index in [4.69, 9.17) is 5.73 Å². The summed E-state index contributed by atoms with van der Waals surface area (Å²) in [5.41, 5.74) is 7.26. The van der Waals surface area contributed by atoms with Crippen molar-refractivity contribution >= 4 is 42.1 Å². The maximum Gasteiger partial charge on any atom is 0.233 e. The molecule has 2 aromatic rings. The molecule has 0 fully saturated rings. The number of pyridine rings is 1. The molecule has 0 aliphatic heterocycles. The predicted molar refractivity (Wildman–Crippen MR) is 90.2 cm³/mol. The second-order valence-corrected chi connectivity index (χ2v) is 4.96. The van der Waals surface area contributed by atoms with Gasteiger partial charge in [-0.3, -0.25) is 9.78 Å². The number of hydrogen-bond donors (Lipinski definition) is 2. The van der Waals surface area contributed by atoms with Crippen molar-refractivity contribution in [2.75, 3.05) is 13.1 Å². The largest absolute Gasteiger partial charge is 0.355 e. The number of halogens is 2. The molecular formula is C13H18Cl2N4OS. The summed E-state index contributed by atoms with van der Waals surface area (Å²) in [6.45, 7) is 0.684. The molecule has 0 atom stereocenters. The molecule has 0 radical (unpaired) electrons. The molecule has 0 unspecified atom stereocenters. The van der Waals surface area contributed by atoms with E-state index in [0.29, 0.717) is 6.54 Å². The number of hydrogen-bond acceptors (Lipinski definition) is 5. The van der Waals surface area contributed by atoms with Crippen molar-refractivity contribution in [1.29, 1.82) is 0 Å². The third kappa shape index (κ3) is 6.39. The van der Waals surface area contributed by atoms with Crippen LogP contribution in [0, 0.1) is 0 Å². The number of nitrogens with two attached hydrogens (primary N) is 1. The van der Waals surface area contributed by atoms with Crippen molar-refractivity contribution in [3.05, 3.63) is 34.9 Å². The Bertz CT molecular complexity index is 536. The van der Waals surface area contributed by atoms with E-state index in [0.717, 1.165) is 29.1 Å². The van der Waals surface area contributed by atoms with E-state index in [-0.39, 0.29) is 37.3 Å². The fourth-order valence-corrected chi connectivity index (χ4v) is 2.47. The van der Waals surface area contributed by atoms with Crippen LogP contribution in [0.15, 0.2) is 29.9 Å². The molecule has 116 valence electrons. The summed E-state index contributed by atoms with van der Waals surface area (Å²) >= 11 is 1.64. The first kappa shape index (κ1) is 19.8. The third-order valence-electron chi connectivity index (χ3n) is 2.60. The summed E-state index contributed by atoms with van der Waals surface area (Å²) in [6, 6.07) is 3.89. The summed E-state index contributed by atoms with van der Waals surface area (Å²) < 4.78 is 0. The minimum Gasteiger partial charge on any atom is -0.355 e. The van der Waals surface area contributed by atoms with Gasteiger partial charge in [0.25, 0.3) is 0 Å². The second-order valence-electron chi connectivity index (χ2n) is 4.02. The third-order valence-corrected chi connectivity index (χ3v) is 3.51. The van der Waals surface area contributed by atoms with Crippen molar-refractivity contribution in [2.45, 2.75) is 12.8 Å². The van der Waals surface area contributed by atoms with Crippen LogP contribution in [-0.2, 0) is 11.2 Å². The summed E-state index contributed by atoms with van der Waals surface area (Å²) in [5.74, 6) is -0.114. The molecule has 2 rings (SSSR count). The molecule has 0 saturated heterocycles. The topological polar surface area (TPSA) is 80.9 Å². The van der Waals surface area contributed by atoms with Crippen molar-refractivity contribution in [1.82, 2.24) is 15.3 Å². The molecule has 0 spiro atoms. The van der Waals surface area contributed by atoms with Crippen LogP contribution >= 0.6 is 36.2 Å². The molecular weight excluding hydrogens is 331 g/mol. The predicted octanol–water partition coefficient (Wildman–Crippen LogP) is 2.06. The van der Waals surface area contributed by atoms with Gasteiger partial charge >= 0.3 is 0 Å². The van der Waals surface area contributed by atoms with Crippen LogP contribution in [0.1, 0.15) is 11.4 Å². The van der Waals surface area contributed by atoms with E-state index in [9.17, 15) is 4.79 Å². The molecule has 5 nitrogen and oxygen atoms in total. The fourth-order valence-electron chi connectivity index (χ4n) is 1.62. The standard InChI is InChI=1S/C13H16N4OS.2ClH/c14-8-12(18)16-5-1-2-13-17-11(9-19-13)10-3-6-15-7-4-10;;/h3-4,6-7,9H,1-2,5,8,14H2,(H,16,18);2*1H. The number of carbonyl (C=O) groups excluding carboxylic acids is 1. The lowest BCUT2D eigenvalue weighted by Gasteiger charge is -2.01. The Morgan fingerprint density at radius 3 is 2.67 bits per heavy atom. The zero-order valence-electron chi connectivity index (χ0n) is 11.3. The van der Waals surface area contributed by atoms with Gasteiger partial charge in [-0.05, 0) is 18.6 Å². The quantitative estimate of drug-likeness (QED) is 0.783. The van der Waals surface area contributed by atoms with Crippen molar-refractivity contribution in [3.63, 3.8) is 0 Å². The zero-order valence-corrected chi connectivity index (χ0v) is 13.8. The van der Waals surface area contributed by atoms with Gasteiger partial charge in [-0.2, -0.15) is 0 Å². The molecule has 8 heteroatoms. The maximum absolute atomic E-state index is 11.0. The number of thiazole rings is 1. The van der Waals surface area contributed by atoms with Crippen LogP contribution < -0.4 is 11.1 Å². The van der Waals surface area contributed by atoms with Crippen molar-refractivity contribution in [2.24, 2.45) is 5.73 Å². The normalized spacial score (nSPS) is 9.38. The van der Waals surface area contributed by atoms with Gasteiger partial charge in [0.05, 0.1) is 17.2 Å². The first-order chi connectivity index (χ1) is 9.29. The molecule has 3 N–H and O–H groups in total.